The molecular formula is C14H25N3O3. The first kappa shape index (κ1) is 15.4. The number of rotatable bonds is 8. The highest BCUT2D eigenvalue weighted by Gasteiger charge is 2.19. The molecule has 0 aromatic carbocycles. The summed E-state index contributed by atoms with van der Waals surface area (Å²) in [6.07, 6.45) is 6.62. The summed E-state index contributed by atoms with van der Waals surface area (Å²) >= 11 is 0. The number of aliphatic hydroxyl groups excluding tert-OH is 1. The number of ether oxygens (including phenoxy) is 1. The molecule has 20 heavy (non-hydrogen) atoms. The summed E-state index contributed by atoms with van der Waals surface area (Å²) < 4.78 is 10.4. The van der Waals surface area contributed by atoms with Crippen molar-refractivity contribution in [3.63, 3.8) is 0 Å². The van der Waals surface area contributed by atoms with E-state index in [0.717, 1.165) is 25.3 Å². The van der Waals surface area contributed by atoms with Gasteiger partial charge in [0.2, 0.25) is 6.39 Å². The lowest BCUT2D eigenvalue weighted by atomic mass is 9.89. The maximum atomic E-state index is 9.85. The van der Waals surface area contributed by atoms with Crippen LogP contribution in [0.1, 0.15) is 38.4 Å². The number of nitrogens with zero attached hydrogens (tertiary/aromatic N) is 2. The fourth-order valence-electron chi connectivity index (χ4n) is 2.47. The third-order valence-electron chi connectivity index (χ3n) is 3.80. The van der Waals surface area contributed by atoms with Crippen molar-refractivity contribution in [1.29, 1.82) is 0 Å². The molecule has 1 aromatic rings. The molecule has 1 unspecified atom stereocenters. The topological polar surface area (TPSA) is 80.4 Å². The van der Waals surface area contributed by atoms with Gasteiger partial charge in [-0.25, -0.2) is 0 Å². The van der Waals surface area contributed by atoms with Crippen LogP contribution in [-0.4, -0.2) is 47.2 Å². The van der Waals surface area contributed by atoms with Gasteiger partial charge < -0.3 is 19.7 Å². The highest BCUT2D eigenvalue weighted by molar-refractivity contribution is 4.78. The Hall–Kier alpha value is -0.980. The second-order valence-electron chi connectivity index (χ2n) is 5.67. The van der Waals surface area contributed by atoms with Gasteiger partial charge >= 0.3 is 0 Å². The van der Waals surface area contributed by atoms with Crippen molar-refractivity contribution in [2.75, 3.05) is 19.7 Å². The van der Waals surface area contributed by atoms with E-state index in [1.807, 2.05) is 0 Å². The molecule has 1 aliphatic carbocycles. The van der Waals surface area contributed by atoms with E-state index in [1.165, 1.54) is 19.2 Å². The van der Waals surface area contributed by atoms with Crippen molar-refractivity contribution in [1.82, 2.24) is 15.5 Å². The van der Waals surface area contributed by atoms with Crippen LogP contribution in [0.3, 0.4) is 0 Å². The van der Waals surface area contributed by atoms with Crippen LogP contribution in [-0.2, 0) is 11.2 Å². The van der Waals surface area contributed by atoms with Gasteiger partial charge in [-0.2, -0.15) is 4.98 Å². The Morgan fingerprint density at radius 2 is 2.25 bits per heavy atom. The Morgan fingerprint density at radius 1 is 1.45 bits per heavy atom. The van der Waals surface area contributed by atoms with Gasteiger partial charge in [-0.3, -0.25) is 0 Å². The lowest BCUT2D eigenvalue weighted by Crippen LogP contribution is -2.33. The van der Waals surface area contributed by atoms with Crippen LogP contribution >= 0.6 is 0 Å². The largest absolute Gasteiger partial charge is 0.389 e. The van der Waals surface area contributed by atoms with Gasteiger partial charge in [-0.1, -0.05) is 12.1 Å². The summed E-state index contributed by atoms with van der Waals surface area (Å²) in [5, 5.41) is 16.7. The number of hydrogen-bond donors (Lipinski definition) is 2. The van der Waals surface area contributed by atoms with Gasteiger partial charge in [-0.15, -0.1) is 0 Å². The second kappa shape index (κ2) is 8.34. The molecule has 2 rings (SSSR count). The van der Waals surface area contributed by atoms with E-state index in [0.29, 0.717) is 31.5 Å². The first-order chi connectivity index (χ1) is 9.74. The van der Waals surface area contributed by atoms with Gasteiger partial charge in [-0.05, 0) is 31.6 Å². The van der Waals surface area contributed by atoms with E-state index in [2.05, 4.69) is 26.9 Å². The van der Waals surface area contributed by atoms with Crippen molar-refractivity contribution in [2.24, 2.45) is 5.92 Å². The second-order valence-corrected chi connectivity index (χ2v) is 5.67. The number of hydrogen-bond acceptors (Lipinski definition) is 6. The van der Waals surface area contributed by atoms with E-state index in [9.17, 15) is 5.11 Å². The maximum absolute atomic E-state index is 9.85. The van der Waals surface area contributed by atoms with Crippen LogP contribution < -0.4 is 5.32 Å². The summed E-state index contributed by atoms with van der Waals surface area (Å²) in [5.74, 6) is 1.51. The zero-order valence-electron chi connectivity index (χ0n) is 12.1. The van der Waals surface area contributed by atoms with Crippen LogP contribution in [0.4, 0.5) is 0 Å². The zero-order chi connectivity index (χ0) is 14.2. The minimum atomic E-state index is -0.459. The highest BCUT2D eigenvalue weighted by Crippen LogP contribution is 2.25. The third-order valence-corrected chi connectivity index (χ3v) is 3.80. The quantitative estimate of drug-likeness (QED) is 0.697. The lowest BCUT2D eigenvalue weighted by molar-refractivity contribution is -0.0277. The van der Waals surface area contributed by atoms with Crippen molar-refractivity contribution >= 4 is 0 Å². The molecule has 1 atom stereocenters. The Bertz CT molecular complexity index is 351. The van der Waals surface area contributed by atoms with Gasteiger partial charge in [0.1, 0.15) is 0 Å². The van der Waals surface area contributed by atoms with Crippen LogP contribution in [0, 0.1) is 5.92 Å². The minimum absolute atomic E-state index is 0.334. The Balaban J connectivity index is 1.49. The smallest absolute Gasteiger partial charge is 0.213 e. The van der Waals surface area contributed by atoms with Gasteiger partial charge in [0, 0.05) is 19.5 Å². The number of aromatic nitrogens is 2. The molecule has 1 fully saturated rings. The first-order valence-corrected chi connectivity index (χ1v) is 7.49. The summed E-state index contributed by atoms with van der Waals surface area (Å²) in [5.41, 5.74) is 0. The Morgan fingerprint density at radius 3 is 2.95 bits per heavy atom. The molecule has 6 heteroatoms. The van der Waals surface area contributed by atoms with Gasteiger partial charge in [0.15, 0.2) is 5.82 Å². The van der Waals surface area contributed by atoms with Crippen LogP contribution in [0.25, 0.3) is 0 Å². The Kier molecular flexibility index (Phi) is 6.42. The summed E-state index contributed by atoms with van der Waals surface area (Å²) in [6.45, 7) is 3.95. The molecule has 0 amide bonds. The lowest BCUT2D eigenvalue weighted by Gasteiger charge is -2.27. The summed E-state index contributed by atoms with van der Waals surface area (Å²) in [7, 11) is 0. The monoisotopic (exact) mass is 283 g/mol. The van der Waals surface area contributed by atoms with Crippen LogP contribution in [0.15, 0.2) is 10.9 Å². The standard InChI is InChI=1S/C14H25N3O3/c1-11-2-4-13(5-3-11)19-9-12(18)8-15-7-6-14-16-10-20-17-14/h10-13,15,18H,2-9H2,1H3. The molecule has 0 saturated heterocycles. The van der Waals surface area contributed by atoms with Crippen molar-refractivity contribution in [2.45, 2.75) is 51.2 Å². The summed E-state index contributed by atoms with van der Waals surface area (Å²) in [4.78, 5) is 3.93. The number of nitrogens with one attached hydrogen (secondary N) is 1. The molecule has 1 heterocycles. The maximum Gasteiger partial charge on any atom is 0.213 e. The molecule has 1 aromatic heterocycles. The molecule has 0 radical (unpaired) electrons. The van der Waals surface area contributed by atoms with E-state index in [4.69, 9.17) is 4.74 Å². The highest BCUT2D eigenvalue weighted by atomic mass is 16.5. The van der Waals surface area contributed by atoms with E-state index in [1.54, 1.807) is 0 Å². The van der Waals surface area contributed by atoms with E-state index < -0.39 is 6.10 Å². The Labute approximate surface area is 119 Å². The van der Waals surface area contributed by atoms with Crippen molar-refractivity contribution in [3.8, 4) is 0 Å². The predicted molar refractivity (Wildman–Crippen MR) is 74.3 cm³/mol. The fraction of sp³-hybridized carbons (Fsp3) is 0.857. The van der Waals surface area contributed by atoms with Gasteiger partial charge in [0.05, 0.1) is 18.8 Å². The molecular weight excluding hydrogens is 258 g/mol. The molecule has 0 spiro atoms. The molecule has 0 aliphatic heterocycles. The van der Waals surface area contributed by atoms with Crippen molar-refractivity contribution < 1.29 is 14.4 Å². The average molecular weight is 283 g/mol. The van der Waals surface area contributed by atoms with Crippen molar-refractivity contribution in [3.05, 3.63) is 12.2 Å². The normalized spacial score (nSPS) is 24.7. The van der Waals surface area contributed by atoms with Gasteiger partial charge in [0.25, 0.3) is 0 Å². The summed E-state index contributed by atoms with van der Waals surface area (Å²) in [6, 6.07) is 0. The zero-order valence-corrected chi connectivity index (χ0v) is 12.1. The fourth-order valence-corrected chi connectivity index (χ4v) is 2.47. The average Bonchev–Trinajstić information content (AvgIpc) is 2.96. The first-order valence-electron chi connectivity index (χ1n) is 7.49. The van der Waals surface area contributed by atoms with E-state index >= 15 is 0 Å². The molecule has 0 bridgehead atoms. The molecule has 114 valence electrons. The predicted octanol–water partition coefficient (Wildman–Crippen LogP) is 1.16. The molecule has 1 aliphatic rings. The molecule has 2 N–H and O–H groups in total. The van der Waals surface area contributed by atoms with Crippen LogP contribution in [0.5, 0.6) is 0 Å². The molecule has 6 nitrogen and oxygen atoms in total. The number of aliphatic hydroxyl groups is 1. The SMILES string of the molecule is CC1CCC(OCC(O)CNCCc2ncon2)CC1. The van der Waals surface area contributed by atoms with Crippen LogP contribution in [0.2, 0.25) is 0 Å². The van der Waals surface area contributed by atoms with E-state index in [-0.39, 0.29) is 0 Å². The third kappa shape index (κ3) is 5.56. The minimum Gasteiger partial charge on any atom is -0.389 e. The molecule has 1 saturated carbocycles.